The normalized spacial score (nSPS) is 8.67. The van der Waals surface area contributed by atoms with Gasteiger partial charge in [-0.15, -0.1) is 0 Å². The van der Waals surface area contributed by atoms with Crippen LogP contribution in [0.25, 0.3) is 0 Å². The van der Waals surface area contributed by atoms with Crippen molar-refractivity contribution in [2.45, 2.75) is 20.3 Å². The second-order valence-electron chi connectivity index (χ2n) is 1.85. The van der Waals surface area contributed by atoms with Crippen LogP contribution in [0.15, 0.2) is 0 Å². The number of rotatable bonds is 3. The Morgan fingerprint density at radius 2 is 1.67 bits per heavy atom. The number of nitrogens with zero attached hydrogens (tertiary/aromatic N) is 1. The molecule has 0 atom stereocenters. The standard InChI is InChI=1S/C5H12FN.C2H6/c1-7(2)5-3-4-6;1-2/h3-5H2,1-2H3;1-2H3. The van der Waals surface area contributed by atoms with Gasteiger partial charge in [0.25, 0.3) is 0 Å². The van der Waals surface area contributed by atoms with Crippen LogP contribution in [0.1, 0.15) is 20.3 Å². The summed E-state index contributed by atoms with van der Waals surface area (Å²) in [6.07, 6.45) is 0.660. The van der Waals surface area contributed by atoms with Crippen molar-refractivity contribution in [1.82, 2.24) is 4.90 Å². The van der Waals surface area contributed by atoms with Gasteiger partial charge < -0.3 is 4.90 Å². The van der Waals surface area contributed by atoms with E-state index in [1.54, 1.807) is 0 Å². The zero-order chi connectivity index (χ0) is 7.70. The van der Waals surface area contributed by atoms with Crippen molar-refractivity contribution in [2.75, 3.05) is 27.3 Å². The molecule has 0 rings (SSSR count). The van der Waals surface area contributed by atoms with Gasteiger partial charge in [-0.25, -0.2) is 0 Å². The summed E-state index contributed by atoms with van der Waals surface area (Å²) >= 11 is 0. The molecule has 1 nitrogen and oxygen atoms in total. The minimum Gasteiger partial charge on any atom is -0.309 e. The molecule has 0 aromatic rings. The predicted octanol–water partition coefficient (Wildman–Crippen LogP) is 1.93. The molecule has 9 heavy (non-hydrogen) atoms. The summed E-state index contributed by atoms with van der Waals surface area (Å²) < 4.78 is 11.3. The van der Waals surface area contributed by atoms with Gasteiger partial charge in [0.15, 0.2) is 0 Å². The van der Waals surface area contributed by atoms with E-state index < -0.39 is 0 Å². The Morgan fingerprint density at radius 3 is 1.78 bits per heavy atom. The average molecular weight is 135 g/mol. The zero-order valence-corrected chi connectivity index (χ0v) is 6.95. The van der Waals surface area contributed by atoms with Crippen LogP contribution in [0.5, 0.6) is 0 Å². The van der Waals surface area contributed by atoms with Crippen LogP contribution in [0.3, 0.4) is 0 Å². The van der Waals surface area contributed by atoms with Crippen molar-refractivity contribution in [3.8, 4) is 0 Å². The Labute approximate surface area is 57.9 Å². The minimum atomic E-state index is -0.196. The van der Waals surface area contributed by atoms with E-state index >= 15 is 0 Å². The minimum absolute atomic E-state index is 0.196. The van der Waals surface area contributed by atoms with Gasteiger partial charge in [-0.05, 0) is 20.5 Å². The Hall–Kier alpha value is -0.110. The maximum Gasteiger partial charge on any atom is 0.0906 e. The molecule has 0 amide bonds. The van der Waals surface area contributed by atoms with E-state index in [-0.39, 0.29) is 6.67 Å². The lowest BCUT2D eigenvalue weighted by Gasteiger charge is -2.04. The molecular formula is C7H18FN. The van der Waals surface area contributed by atoms with Crippen molar-refractivity contribution in [3.63, 3.8) is 0 Å². The SMILES string of the molecule is CC.CN(C)CCCF. The molecule has 2 heteroatoms. The fourth-order valence-corrected chi connectivity index (χ4v) is 0.376. The highest BCUT2D eigenvalue weighted by Crippen LogP contribution is 1.81. The summed E-state index contributed by atoms with van der Waals surface area (Å²) in [5, 5.41) is 0. The summed E-state index contributed by atoms with van der Waals surface area (Å²) in [6, 6.07) is 0. The van der Waals surface area contributed by atoms with E-state index in [0.29, 0.717) is 6.42 Å². The van der Waals surface area contributed by atoms with Crippen LogP contribution in [0.4, 0.5) is 4.39 Å². The number of halogens is 1. The Bertz CT molecular complexity index is 37.9. The first-order valence-electron chi connectivity index (χ1n) is 3.48. The lowest BCUT2D eigenvalue weighted by Crippen LogP contribution is -2.12. The fraction of sp³-hybridized carbons (Fsp3) is 1.00. The number of hydrogen-bond donors (Lipinski definition) is 0. The Balaban J connectivity index is 0. The van der Waals surface area contributed by atoms with Gasteiger partial charge in [-0.3, -0.25) is 4.39 Å². The highest BCUT2D eigenvalue weighted by atomic mass is 19.1. The van der Waals surface area contributed by atoms with Crippen molar-refractivity contribution in [2.24, 2.45) is 0 Å². The molecule has 0 spiro atoms. The highest BCUT2D eigenvalue weighted by molar-refractivity contribution is 4.39. The summed E-state index contributed by atoms with van der Waals surface area (Å²) in [4.78, 5) is 1.97. The van der Waals surface area contributed by atoms with Crippen LogP contribution in [0, 0.1) is 0 Å². The second-order valence-corrected chi connectivity index (χ2v) is 1.85. The highest BCUT2D eigenvalue weighted by Gasteiger charge is 1.85. The third-order valence-corrected chi connectivity index (χ3v) is 0.739. The zero-order valence-electron chi connectivity index (χ0n) is 6.95. The molecule has 0 aliphatic heterocycles. The topological polar surface area (TPSA) is 3.24 Å². The summed E-state index contributed by atoms with van der Waals surface area (Å²) in [5.74, 6) is 0. The first kappa shape index (κ1) is 11.7. The molecule has 0 unspecified atom stereocenters. The van der Waals surface area contributed by atoms with Crippen LogP contribution >= 0.6 is 0 Å². The van der Waals surface area contributed by atoms with Crippen LogP contribution in [0.2, 0.25) is 0 Å². The monoisotopic (exact) mass is 135 g/mol. The van der Waals surface area contributed by atoms with E-state index in [1.165, 1.54) is 0 Å². The quantitative estimate of drug-likeness (QED) is 0.571. The molecule has 0 bridgehead atoms. The average Bonchev–Trinajstić information content (AvgIpc) is 1.88. The van der Waals surface area contributed by atoms with Crippen LogP contribution < -0.4 is 0 Å². The first-order chi connectivity index (χ1) is 4.27. The smallest absolute Gasteiger partial charge is 0.0906 e. The number of alkyl halides is 1. The summed E-state index contributed by atoms with van der Waals surface area (Å²) in [5.41, 5.74) is 0. The molecule has 0 heterocycles. The maximum atomic E-state index is 11.3. The lowest BCUT2D eigenvalue weighted by molar-refractivity contribution is 0.361. The van der Waals surface area contributed by atoms with Crippen molar-refractivity contribution in [1.29, 1.82) is 0 Å². The maximum absolute atomic E-state index is 11.3. The largest absolute Gasteiger partial charge is 0.309 e. The summed E-state index contributed by atoms with van der Waals surface area (Å²) in [7, 11) is 3.88. The van der Waals surface area contributed by atoms with Crippen LogP contribution in [-0.4, -0.2) is 32.2 Å². The van der Waals surface area contributed by atoms with E-state index in [1.807, 2.05) is 32.8 Å². The third kappa shape index (κ3) is 18.1. The molecular weight excluding hydrogens is 117 g/mol. The van der Waals surface area contributed by atoms with Gasteiger partial charge in [-0.2, -0.15) is 0 Å². The molecule has 0 aromatic carbocycles. The molecule has 0 aromatic heterocycles. The number of hydrogen-bond acceptors (Lipinski definition) is 1. The third-order valence-electron chi connectivity index (χ3n) is 0.739. The molecule has 0 aliphatic carbocycles. The molecule has 58 valence electrons. The van der Waals surface area contributed by atoms with E-state index in [2.05, 4.69) is 0 Å². The molecule has 0 N–H and O–H groups in total. The Morgan fingerprint density at radius 1 is 1.22 bits per heavy atom. The van der Waals surface area contributed by atoms with Gasteiger partial charge >= 0.3 is 0 Å². The first-order valence-corrected chi connectivity index (χ1v) is 3.48. The van der Waals surface area contributed by atoms with E-state index in [0.717, 1.165) is 6.54 Å². The molecule has 0 saturated heterocycles. The van der Waals surface area contributed by atoms with Crippen molar-refractivity contribution < 1.29 is 4.39 Å². The predicted molar refractivity (Wildman–Crippen MR) is 40.5 cm³/mol. The summed E-state index contributed by atoms with van der Waals surface area (Å²) in [6.45, 7) is 4.66. The molecule has 0 fully saturated rings. The lowest BCUT2D eigenvalue weighted by atomic mass is 10.4. The van der Waals surface area contributed by atoms with Gasteiger partial charge in [-0.1, -0.05) is 13.8 Å². The van der Waals surface area contributed by atoms with Crippen molar-refractivity contribution in [3.05, 3.63) is 0 Å². The van der Waals surface area contributed by atoms with Crippen LogP contribution in [-0.2, 0) is 0 Å². The van der Waals surface area contributed by atoms with Gasteiger partial charge in [0.2, 0.25) is 0 Å². The van der Waals surface area contributed by atoms with Gasteiger partial charge in [0, 0.05) is 6.54 Å². The fourth-order valence-electron chi connectivity index (χ4n) is 0.376. The second kappa shape index (κ2) is 10.8. The molecule has 0 radical (unpaired) electrons. The van der Waals surface area contributed by atoms with Gasteiger partial charge in [0.1, 0.15) is 0 Å². The van der Waals surface area contributed by atoms with E-state index in [4.69, 9.17) is 0 Å². The van der Waals surface area contributed by atoms with Gasteiger partial charge in [0.05, 0.1) is 6.67 Å². The molecule has 0 aliphatic rings. The van der Waals surface area contributed by atoms with E-state index in [9.17, 15) is 4.39 Å². The molecule has 0 saturated carbocycles. The Kier molecular flexibility index (Phi) is 14.0. The van der Waals surface area contributed by atoms with Crippen molar-refractivity contribution >= 4 is 0 Å².